The highest BCUT2D eigenvalue weighted by atomic mass is 16.5. The number of methoxy groups -OCH3 is 1. The van der Waals surface area contributed by atoms with E-state index in [4.69, 9.17) is 4.74 Å². The van der Waals surface area contributed by atoms with Gasteiger partial charge in [-0.3, -0.25) is 4.79 Å². The van der Waals surface area contributed by atoms with Crippen LogP contribution in [0.2, 0.25) is 0 Å². The van der Waals surface area contributed by atoms with E-state index in [1.165, 1.54) is 10.9 Å². The summed E-state index contributed by atoms with van der Waals surface area (Å²) in [6, 6.07) is 8.31. The second kappa shape index (κ2) is 11.0. The van der Waals surface area contributed by atoms with Crippen molar-refractivity contribution < 1.29 is 14.3 Å². The molecule has 1 unspecified atom stereocenters. The number of piperidine rings is 1. The number of hydrogen-bond donors (Lipinski definition) is 4. The lowest BCUT2D eigenvalue weighted by molar-refractivity contribution is -0.140. The number of nitrogens with one attached hydrogen (secondary N) is 4. The molecular formula is C27H41N5O3. The summed E-state index contributed by atoms with van der Waals surface area (Å²) >= 11 is 0. The zero-order valence-electron chi connectivity index (χ0n) is 21.5. The molecule has 8 nitrogen and oxygen atoms in total. The van der Waals surface area contributed by atoms with Crippen LogP contribution in [0.3, 0.4) is 0 Å². The third-order valence-corrected chi connectivity index (χ3v) is 6.86. The van der Waals surface area contributed by atoms with Crippen molar-refractivity contribution in [2.75, 3.05) is 26.8 Å². The minimum Gasteiger partial charge on any atom is -0.385 e. The summed E-state index contributed by atoms with van der Waals surface area (Å²) in [5, 5.41) is 10.6. The molecule has 3 amide bonds. The fourth-order valence-electron chi connectivity index (χ4n) is 5.19. The lowest BCUT2D eigenvalue weighted by Gasteiger charge is -2.38. The van der Waals surface area contributed by atoms with Crippen molar-refractivity contribution in [3.63, 3.8) is 0 Å². The van der Waals surface area contributed by atoms with Crippen LogP contribution < -0.4 is 16.0 Å². The van der Waals surface area contributed by atoms with Crippen LogP contribution in [0, 0.1) is 5.92 Å². The van der Waals surface area contributed by atoms with Crippen LogP contribution >= 0.6 is 0 Å². The molecule has 0 bridgehead atoms. The normalized spacial score (nSPS) is 21.5. The van der Waals surface area contributed by atoms with E-state index in [2.05, 4.69) is 50.2 Å². The minimum absolute atomic E-state index is 0.00109. The van der Waals surface area contributed by atoms with Gasteiger partial charge < -0.3 is 30.6 Å². The van der Waals surface area contributed by atoms with Gasteiger partial charge in [0.25, 0.3) is 0 Å². The van der Waals surface area contributed by atoms with Gasteiger partial charge in [-0.05, 0) is 64.5 Å². The molecule has 1 aromatic heterocycles. The summed E-state index contributed by atoms with van der Waals surface area (Å²) in [7, 11) is 1.72. The molecule has 1 aromatic carbocycles. The van der Waals surface area contributed by atoms with E-state index < -0.39 is 0 Å². The Morgan fingerprint density at radius 3 is 2.69 bits per heavy atom. The maximum atomic E-state index is 14.1. The number of urea groups is 1. The van der Waals surface area contributed by atoms with Crippen molar-refractivity contribution >= 4 is 22.8 Å². The molecule has 2 aliphatic rings. The number of carbonyl (C=O) groups excluding carboxylic acids is 2. The number of amides is 3. The van der Waals surface area contributed by atoms with Gasteiger partial charge in [0.15, 0.2) is 0 Å². The average Bonchev–Trinajstić information content (AvgIpc) is 3.55. The summed E-state index contributed by atoms with van der Waals surface area (Å²) in [6.07, 6.45) is 6.55. The molecule has 35 heavy (non-hydrogen) atoms. The maximum absolute atomic E-state index is 14.1. The lowest BCUT2D eigenvalue weighted by Crippen LogP contribution is -2.56. The second-order valence-electron chi connectivity index (χ2n) is 11.1. The van der Waals surface area contributed by atoms with Gasteiger partial charge >= 0.3 is 6.03 Å². The number of H-pyrrole nitrogens is 1. The Labute approximate surface area is 208 Å². The van der Waals surface area contributed by atoms with Crippen molar-refractivity contribution in [3.05, 3.63) is 36.0 Å². The van der Waals surface area contributed by atoms with Crippen molar-refractivity contribution in [1.82, 2.24) is 25.8 Å². The Hall–Kier alpha value is -2.58. The lowest BCUT2D eigenvalue weighted by atomic mass is 9.92. The van der Waals surface area contributed by atoms with Crippen LogP contribution in [-0.2, 0) is 9.53 Å². The van der Waals surface area contributed by atoms with Gasteiger partial charge in [0.2, 0.25) is 5.91 Å². The molecule has 1 saturated heterocycles. The van der Waals surface area contributed by atoms with Gasteiger partial charge in [0.1, 0.15) is 0 Å². The largest absolute Gasteiger partial charge is 0.385 e. The van der Waals surface area contributed by atoms with E-state index in [-0.39, 0.29) is 41.5 Å². The number of para-hydroxylation sites is 1. The summed E-state index contributed by atoms with van der Waals surface area (Å²) in [5.41, 5.74) is 1.97. The molecule has 4 N–H and O–H groups in total. The number of hydrogen-bond acceptors (Lipinski definition) is 4. The highest BCUT2D eigenvalue weighted by Crippen LogP contribution is 2.40. The SMILES string of the molecule is COCCCC(c1c[nH]c2ccccc12)N(C(=O)[C@@H]1CNC[C@H](NC(=O)NC(C)(C)C)C1)C1CC1. The summed E-state index contributed by atoms with van der Waals surface area (Å²) in [6.45, 7) is 7.86. The number of nitrogens with zero attached hydrogens (tertiary/aromatic N) is 1. The van der Waals surface area contributed by atoms with Gasteiger partial charge in [-0.2, -0.15) is 0 Å². The Balaban J connectivity index is 1.53. The van der Waals surface area contributed by atoms with Crippen molar-refractivity contribution in [2.45, 2.75) is 76.5 Å². The third-order valence-electron chi connectivity index (χ3n) is 6.86. The van der Waals surface area contributed by atoms with Crippen LogP contribution in [0.1, 0.15) is 64.5 Å². The van der Waals surface area contributed by atoms with E-state index in [1.54, 1.807) is 7.11 Å². The molecule has 2 aromatic rings. The number of fused-ring (bicyclic) bond motifs is 1. The molecule has 3 atom stereocenters. The number of ether oxygens (including phenoxy) is 1. The quantitative estimate of drug-likeness (QED) is 0.409. The third kappa shape index (κ3) is 6.55. The van der Waals surface area contributed by atoms with Crippen LogP contribution in [0.25, 0.3) is 10.9 Å². The van der Waals surface area contributed by atoms with Gasteiger partial charge in [-0.15, -0.1) is 0 Å². The molecule has 2 fully saturated rings. The molecule has 0 spiro atoms. The van der Waals surface area contributed by atoms with Crippen LogP contribution in [0.15, 0.2) is 30.5 Å². The van der Waals surface area contributed by atoms with E-state index in [0.717, 1.165) is 31.2 Å². The molecular weight excluding hydrogens is 442 g/mol. The Kier molecular flexibility index (Phi) is 8.02. The first-order valence-electron chi connectivity index (χ1n) is 12.9. The fourth-order valence-corrected chi connectivity index (χ4v) is 5.19. The molecule has 2 heterocycles. The first kappa shape index (κ1) is 25.5. The van der Waals surface area contributed by atoms with Crippen LogP contribution in [0.4, 0.5) is 4.79 Å². The molecule has 1 aliphatic heterocycles. The first-order valence-corrected chi connectivity index (χ1v) is 12.9. The topological polar surface area (TPSA) is 98.5 Å². The van der Waals surface area contributed by atoms with Gasteiger partial charge in [0, 0.05) is 61.5 Å². The fraction of sp³-hybridized carbons (Fsp3) is 0.630. The number of carbonyl (C=O) groups is 2. The van der Waals surface area contributed by atoms with E-state index in [9.17, 15) is 9.59 Å². The van der Waals surface area contributed by atoms with Crippen molar-refractivity contribution in [1.29, 1.82) is 0 Å². The average molecular weight is 484 g/mol. The summed E-state index contributed by atoms with van der Waals surface area (Å²) in [4.78, 5) is 32.1. The van der Waals surface area contributed by atoms with E-state index >= 15 is 0 Å². The number of benzene rings is 1. The smallest absolute Gasteiger partial charge is 0.315 e. The molecule has 8 heteroatoms. The molecule has 1 aliphatic carbocycles. The van der Waals surface area contributed by atoms with Gasteiger partial charge in [-0.1, -0.05) is 18.2 Å². The first-order chi connectivity index (χ1) is 16.8. The molecule has 0 radical (unpaired) electrons. The number of rotatable bonds is 9. The van der Waals surface area contributed by atoms with E-state index in [1.807, 2.05) is 26.8 Å². The highest BCUT2D eigenvalue weighted by Gasteiger charge is 2.42. The van der Waals surface area contributed by atoms with Crippen LogP contribution in [0.5, 0.6) is 0 Å². The minimum atomic E-state index is -0.307. The molecule has 4 rings (SSSR count). The zero-order valence-corrected chi connectivity index (χ0v) is 21.5. The van der Waals surface area contributed by atoms with Crippen molar-refractivity contribution in [2.24, 2.45) is 5.92 Å². The van der Waals surface area contributed by atoms with Crippen molar-refractivity contribution in [3.8, 4) is 0 Å². The summed E-state index contributed by atoms with van der Waals surface area (Å²) < 4.78 is 5.35. The molecule has 192 valence electrons. The second-order valence-corrected chi connectivity index (χ2v) is 11.1. The standard InChI is InChI=1S/C27H41N5O3/c1-27(2,3)31-26(34)30-19-14-18(15-28-16-19)25(33)32(20-11-12-20)24(10-7-13-35-4)22-17-29-23-9-6-5-8-21(22)23/h5-6,8-9,17-20,24,28-29H,7,10-16H2,1-4H3,(H2,30,31,34)/t18-,19+,24?/m0/s1. The maximum Gasteiger partial charge on any atom is 0.315 e. The van der Waals surface area contributed by atoms with Crippen LogP contribution in [-0.4, -0.2) is 66.3 Å². The van der Waals surface area contributed by atoms with E-state index in [0.29, 0.717) is 26.1 Å². The number of aromatic amines is 1. The highest BCUT2D eigenvalue weighted by molar-refractivity contribution is 5.86. The number of aromatic nitrogens is 1. The van der Waals surface area contributed by atoms with Gasteiger partial charge in [0.05, 0.1) is 12.0 Å². The zero-order chi connectivity index (χ0) is 25.0. The predicted octanol–water partition coefficient (Wildman–Crippen LogP) is 3.70. The van der Waals surface area contributed by atoms with Gasteiger partial charge in [-0.25, -0.2) is 4.79 Å². The Morgan fingerprint density at radius 1 is 1.20 bits per heavy atom. The Bertz CT molecular complexity index is 1010. The summed E-state index contributed by atoms with van der Waals surface area (Å²) in [5.74, 6) is 0.0230. The molecule has 1 saturated carbocycles. The Morgan fingerprint density at radius 2 is 1.97 bits per heavy atom. The monoisotopic (exact) mass is 483 g/mol. The predicted molar refractivity (Wildman–Crippen MR) is 138 cm³/mol.